The van der Waals surface area contributed by atoms with E-state index in [0.717, 1.165) is 4.47 Å². The first-order valence-electron chi connectivity index (χ1n) is 5.70. The normalized spacial score (nSPS) is 12.6. The molecule has 0 amide bonds. The Labute approximate surface area is 115 Å². The van der Waals surface area contributed by atoms with Gasteiger partial charge in [-0.3, -0.25) is 10.1 Å². The second kappa shape index (κ2) is 6.85. The molecule has 0 aliphatic rings. The van der Waals surface area contributed by atoms with Crippen LogP contribution in [0.15, 0.2) is 22.7 Å². The summed E-state index contributed by atoms with van der Waals surface area (Å²) >= 11 is 3.29. The van der Waals surface area contributed by atoms with E-state index in [4.69, 9.17) is 4.74 Å². The Morgan fingerprint density at radius 2 is 2.17 bits per heavy atom. The first-order chi connectivity index (χ1) is 8.45. The van der Waals surface area contributed by atoms with Gasteiger partial charge in [-0.2, -0.15) is 0 Å². The van der Waals surface area contributed by atoms with E-state index in [0.29, 0.717) is 5.56 Å². The number of benzene rings is 1. The van der Waals surface area contributed by atoms with E-state index in [2.05, 4.69) is 21.2 Å². The first-order valence-corrected chi connectivity index (χ1v) is 6.50. The van der Waals surface area contributed by atoms with Gasteiger partial charge in [-0.15, -0.1) is 0 Å². The Hall–Kier alpha value is -0.940. The molecule has 0 bridgehead atoms. The van der Waals surface area contributed by atoms with E-state index in [1.165, 1.54) is 13.2 Å². The van der Waals surface area contributed by atoms with Gasteiger partial charge in [0, 0.05) is 16.6 Å². The molecule has 0 aliphatic heterocycles. The van der Waals surface area contributed by atoms with Crippen LogP contribution in [0.1, 0.15) is 19.4 Å². The van der Waals surface area contributed by atoms with Crippen LogP contribution in [0.25, 0.3) is 0 Å². The van der Waals surface area contributed by atoms with Crippen LogP contribution in [-0.4, -0.2) is 19.1 Å². The van der Waals surface area contributed by atoms with Gasteiger partial charge in [-0.1, -0.05) is 29.8 Å². The largest absolute Gasteiger partial charge is 0.468 e. The second-order valence-electron chi connectivity index (χ2n) is 4.36. The zero-order valence-electron chi connectivity index (χ0n) is 10.7. The van der Waals surface area contributed by atoms with Crippen LogP contribution in [0.5, 0.6) is 0 Å². The summed E-state index contributed by atoms with van der Waals surface area (Å²) in [4.78, 5) is 11.5. The van der Waals surface area contributed by atoms with Crippen molar-refractivity contribution in [2.45, 2.75) is 26.4 Å². The van der Waals surface area contributed by atoms with Crippen LogP contribution < -0.4 is 5.32 Å². The smallest absolute Gasteiger partial charge is 0.323 e. The fourth-order valence-corrected chi connectivity index (χ4v) is 2.03. The predicted molar refractivity (Wildman–Crippen MR) is 71.6 cm³/mol. The summed E-state index contributed by atoms with van der Waals surface area (Å²) < 4.78 is 19.0. The van der Waals surface area contributed by atoms with Gasteiger partial charge >= 0.3 is 5.97 Å². The highest BCUT2D eigenvalue weighted by Gasteiger charge is 2.22. The molecule has 0 saturated carbocycles. The molecule has 0 spiro atoms. The van der Waals surface area contributed by atoms with Crippen molar-refractivity contribution in [3.05, 3.63) is 34.1 Å². The van der Waals surface area contributed by atoms with E-state index < -0.39 is 6.04 Å². The summed E-state index contributed by atoms with van der Waals surface area (Å²) in [6, 6.07) is 4.29. The molecule has 1 aromatic carbocycles. The molecule has 5 heteroatoms. The maximum absolute atomic E-state index is 13.5. The van der Waals surface area contributed by atoms with Gasteiger partial charge in [0.25, 0.3) is 0 Å². The summed E-state index contributed by atoms with van der Waals surface area (Å²) in [5.41, 5.74) is 0.513. The maximum Gasteiger partial charge on any atom is 0.323 e. The monoisotopic (exact) mass is 317 g/mol. The number of nitrogens with one attached hydrogen (secondary N) is 1. The molecule has 1 rings (SSSR count). The molecule has 1 aromatic rings. The molecule has 0 radical (unpaired) electrons. The molecule has 0 saturated heterocycles. The van der Waals surface area contributed by atoms with Crippen molar-refractivity contribution >= 4 is 21.9 Å². The lowest BCUT2D eigenvalue weighted by atomic mass is 10.0. The number of halogens is 2. The van der Waals surface area contributed by atoms with Crippen LogP contribution in [-0.2, 0) is 16.1 Å². The van der Waals surface area contributed by atoms with Crippen molar-refractivity contribution in [2.24, 2.45) is 5.92 Å². The standard InChI is InChI=1S/C13H17BrFNO2/c1-8(2)12(13(17)18-3)16-7-9-6-10(14)4-5-11(9)15/h4-6,8,12,16H,7H2,1-3H3. The molecule has 18 heavy (non-hydrogen) atoms. The average Bonchev–Trinajstić information content (AvgIpc) is 2.32. The minimum absolute atomic E-state index is 0.0765. The Morgan fingerprint density at radius 1 is 1.50 bits per heavy atom. The van der Waals surface area contributed by atoms with Gasteiger partial charge < -0.3 is 4.74 Å². The summed E-state index contributed by atoms with van der Waals surface area (Å²) in [5, 5.41) is 3.02. The minimum atomic E-state index is -0.437. The molecule has 0 heterocycles. The number of hydrogen-bond acceptors (Lipinski definition) is 3. The van der Waals surface area contributed by atoms with Crippen LogP contribution in [0.3, 0.4) is 0 Å². The first kappa shape index (κ1) is 15.1. The molecule has 0 aromatic heterocycles. The number of carbonyl (C=O) groups is 1. The molecule has 1 unspecified atom stereocenters. The van der Waals surface area contributed by atoms with E-state index in [1.54, 1.807) is 12.1 Å². The summed E-state index contributed by atoms with van der Waals surface area (Å²) in [6.45, 7) is 4.10. The topological polar surface area (TPSA) is 38.3 Å². The van der Waals surface area contributed by atoms with Crippen molar-refractivity contribution < 1.29 is 13.9 Å². The van der Waals surface area contributed by atoms with Gasteiger partial charge in [-0.05, 0) is 24.1 Å². The van der Waals surface area contributed by atoms with Crippen molar-refractivity contribution in [3.63, 3.8) is 0 Å². The Morgan fingerprint density at radius 3 is 2.72 bits per heavy atom. The zero-order chi connectivity index (χ0) is 13.7. The lowest BCUT2D eigenvalue weighted by Gasteiger charge is -2.20. The highest BCUT2D eigenvalue weighted by molar-refractivity contribution is 9.10. The van der Waals surface area contributed by atoms with Crippen LogP contribution in [0.4, 0.5) is 4.39 Å². The third-order valence-corrected chi connectivity index (χ3v) is 3.14. The number of carbonyl (C=O) groups excluding carboxylic acids is 1. The molecule has 0 fully saturated rings. The molecule has 1 atom stereocenters. The number of ether oxygens (including phenoxy) is 1. The highest BCUT2D eigenvalue weighted by Crippen LogP contribution is 2.16. The van der Waals surface area contributed by atoms with Gasteiger partial charge in [0.2, 0.25) is 0 Å². The van der Waals surface area contributed by atoms with Crippen molar-refractivity contribution in [1.29, 1.82) is 0 Å². The molecular formula is C13H17BrFNO2. The Balaban J connectivity index is 2.73. The number of rotatable bonds is 5. The number of hydrogen-bond donors (Lipinski definition) is 1. The quantitative estimate of drug-likeness (QED) is 0.849. The summed E-state index contributed by atoms with van der Waals surface area (Å²) in [7, 11) is 1.35. The predicted octanol–water partition coefficient (Wildman–Crippen LogP) is 2.88. The SMILES string of the molecule is COC(=O)C(NCc1cc(Br)ccc1F)C(C)C. The van der Waals surface area contributed by atoms with Crippen molar-refractivity contribution in [2.75, 3.05) is 7.11 Å². The van der Waals surface area contributed by atoms with Crippen molar-refractivity contribution in [1.82, 2.24) is 5.32 Å². The van der Waals surface area contributed by atoms with E-state index in [1.807, 2.05) is 13.8 Å². The second-order valence-corrected chi connectivity index (χ2v) is 5.28. The van der Waals surface area contributed by atoms with E-state index in [9.17, 15) is 9.18 Å². The maximum atomic E-state index is 13.5. The fraction of sp³-hybridized carbons (Fsp3) is 0.462. The van der Waals surface area contributed by atoms with E-state index in [-0.39, 0.29) is 24.2 Å². The molecular weight excluding hydrogens is 301 g/mol. The van der Waals surface area contributed by atoms with E-state index >= 15 is 0 Å². The van der Waals surface area contributed by atoms with Gasteiger partial charge in [0.05, 0.1) is 7.11 Å². The molecule has 0 aliphatic carbocycles. The number of esters is 1. The summed E-state index contributed by atoms with van der Waals surface area (Å²) in [6.07, 6.45) is 0. The number of methoxy groups -OCH3 is 1. The molecule has 1 N–H and O–H groups in total. The minimum Gasteiger partial charge on any atom is -0.468 e. The molecule has 3 nitrogen and oxygen atoms in total. The van der Waals surface area contributed by atoms with Gasteiger partial charge in [0.15, 0.2) is 0 Å². The van der Waals surface area contributed by atoms with Crippen LogP contribution in [0, 0.1) is 11.7 Å². The third-order valence-electron chi connectivity index (χ3n) is 2.64. The Kier molecular flexibility index (Phi) is 5.75. The Bertz CT molecular complexity index is 423. The summed E-state index contributed by atoms with van der Waals surface area (Å²) in [5.74, 6) is -0.550. The average molecular weight is 318 g/mol. The lowest BCUT2D eigenvalue weighted by Crippen LogP contribution is -2.41. The molecule has 100 valence electrons. The highest BCUT2D eigenvalue weighted by atomic mass is 79.9. The van der Waals surface area contributed by atoms with Gasteiger partial charge in [0.1, 0.15) is 11.9 Å². The lowest BCUT2D eigenvalue weighted by molar-refractivity contribution is -0.144. The van der Waals surface area contributed by atoms with Gasteiger partial charge in [-0.25, -0.2) is 4.39 Å². The zero-order valence-corrected chi connectivity index (χ0v) is 12.3. The van der Waals surface area contributed by atoms with Crippen LogP contribution >= 0.6 is 15.9 Å². The van der Waals surface area contributed by atoms with Crippen molar-refractivity contribution in [3.8, 4) is 0 Å². The third kappa shape index (κ3) is 4.07. The van der Waals surface area contributed by atoms with Crippen LogP contribution in [0.2, 0.25) is 0 Å². The fourth-order valence-electron chi connectivity index (χ4n) is 1.62.